The van der Waals surface area contributed by atoms with Crippen LogP contribution in [0.15, 0.2) is 75.0 Å². The van der Waals surface area contributed by atoms with Gasteiger partial charge in [-0.05, 0) is 23.8 Å². The molecule has 0 spiro atoms. The lowest BCUT2D eigenvalue weighted by molar-refractivity contribution is 0.542. The molecular weight excluding hydrogens is 336 g/mol. The van der Waals surface area contributed by atoms with Crippen molar-refractivity contribution in [1.29, 1.82) is 0 Å². The zero-order valence-corrected chi connectivity index (χ0v) is 14.8. The Labute approximate surface area is 147 Å². The van der Waals surface area contributed by atoms with Gasteiger partial charge in [0.05, 0.1) is 4.90 Å². The molecule has 0 amide bonds. The van der Waals surface area contributed by atoms with Gasteiger partial charge < -0.3 is 9.32 Å². The smallest absolute Gasteiger partial charge is 0.235 e. The van der Waals surface area contributed by atoms with Crippen LogP contribution in [0.1, 0.15) is 11.5 Å². The fourth-order valence-electron chi connectivity index (χ4n) is 2.29. The molecule has 25 heavy (non-hydrogen) atoms. The van der Waals surface area contributed by atoms with Gasteiger partial charge in [0.1, 0.15) is 0 Å². The van der Waals surface area contributed by atoms with Gasteiger partial charge in [0.2, 0.25) is 26.6 Å². The molecule has 0 aliphatic rings. The highest BCUT2D eigenvalue weighted by Crippen LogP contribution is 2.30. The maximum absolute atomic E-state index is 12.9. The monoisotopic (exact) mass is 354 g/mol. The number of rotatable bonds is 5. The molecule has 0 bridgehead atoms. The molecular formula is C19H18N2O3S. The van der Waals surface area contributed by atoms with E-state index >= 15 is 0 Å². The quantitative estimate of drug-likeness (QED) is 0.698. The predicted octanol–water partition coefficient (Wildman–Crippen LogP) is 3.74. The largest absolute Gasteiger partial charge is 0.420 e. The van der Waals surface area contributed by atoms with E-state index in [4.69, 9.17) is 4.42 Å². The second kappa shape index (κ2) is 6.94. The van der Waals surface area contributed by atoms with Gasteiger partial charge in [-0.25, -0.2) is 8.42 Å². The normalized spacial score (nSPS) is 11.8. The molecule has 0 aliphatic carbocycles. The SMILES string of the molecule is CN(C)c1oc(C=Cc2ccccc2)nc1S(=O)(=O)c1ccccc1. The van der Waals surface area contributed by atoms with Gasteiger partial charge in [-0.1, -0.05) is 48.5 Å². The fraction of sp³-hybridized carbons (Fsp3) is 0.105. The van der Waals surface area contributed by atoms with Crippen molar-refractivity contribution in [3.63, 3.8) is 0 Å². The highest BCUT2D eigenvalue weighted by atomic mass is 32.2. The van der Waals surface area contributed by atoms with Gasteiger partial charge in [0, 0.05) is 20.2 Å². The highest BCUT2D eigenvalue weighted by molar-refractivity contribution is 7.91. The standard InChI is InChI=1S/C19H18N2O3S/c1-21(2)19-18(25(22,23)16-11-7-4-8-12-16)20-17(24-19)14-13-15-9-5-3-6-10-15/h3-14H,1-2H3. The number of benzene rings is 2. The highest BCUT2D eigenvalue weighted by Gasteiger charge is 2.28. The third-order valence-electron chi connectivity index (χ3n) is 3.53. The third kappa shape index (κ3) is 3.64. The molecule has 1 heterocycles. The molecule has 0 radical (unpaired) electrons. The summed E-state index contributed by atoms with van der Waals surface area (Å²) in [5.41, 5.74) is 0.972. The van der Waals surface area contributed by atoms with Crippen LogP contribution in [-0.2, 0) is 9.84 Å². The predicted molar refractivity (Wildman–Crippen MR) is 98.1 cm³/mol. The van der Waals surface area contributed by atoms with Gasteiger partial charge in [-0.3, -0.25) is 0 Å². The first-order valence-electron chi connectivity index (χ1n) is 7.70. The van der Waals surface area contributed by atoms with Gasteiger partial charge in [-0.2, -0.15) is 4.98 Å². The first kappa shape index (κ1) is 17.0. The Morgan fingerprint density at radius 2 is 1.52 bits per heavy atom. The number of aromatic nitrogens is 1. The Bertz CT molecular complexity index is 976. The summed E-state index contributed by atoms with van der Waals surface area (Å²) < 4.78 is 31.4. The van der Waals surface area contributed by atoms with E-state index in [1.54, 1.807) is 55.4 Å². The minimum atomic E-state index is -3.76. The number of anilines is 1. The number of hydrogen-bond acceptors (Lipinski definition) is 5. The molecule has 0 N–H and O–H groups in total. The summed E-state index contributed by atoms with van der Waals surface area (Å²) in [4.78, 5) is 6.00. The third-order valence-corrected chi connectivity index (χ3v) is 5.20. The average molecular weight is 354 g/mol. The van der Waals surface area contributed by atoms with Crippen molar-refractivity contribution in [1.82, 2.24) is 4.98 Å². The van der Waals surface area contributed by atoms with Crippen LogP contribution in [0.5, 0.6) is 0 Å². The molecule has 2 aromatic carbocycles. The lowest BCUT2D eigenvalue weighted by atomic mass is 10.2. The van der Waals surface area contributed by atoms with Crippen LogP contribution in [0.3, 0.4) is 0 Å². The zero-order valence-electron chi connectivity index (χ0n) is 14.0. The van der Waals surface area contributed by atoms with Crippen LogP contribution >= 0.6 is 0 Å². The minimum absolute atomic E-state index is 0.0867. The van der Waals surface area contributed by atoms with E-state index in [1.807, 2.05) is 36.4 Å². The molecule has 0 unspecified atom stereocenters. The molecule has 1 aromatic heterocycles. The van der Waals surface area contributed by atoms with Crippen molar-refractivity contribution in [3.8, 4) is 0 Å². The molecule has 3 rings (SSSR count). The van der Waals surface area contributed by atoms with Crippen LogP contribution in [0, 0.1) is 0 Å². The number of sulfone groups is 1. The maximum Gasteiger partial charge on any atom is 0.235 e. The summed E-state index contributed by atoms with van der Waals surface area (Å²) in [6.45, 7) is 0. The second-order valence-corrected chi connectivity index (χ2v) is 7.48. The van der Waals surface area contributed by atoms with Crippen LogP contribution in [0.4, 0.5) is 5.88 Å². The lowest BCUT2D eigenvalue weighted by Gasteiger charge is -2.09. The van der Waals surface area contributed by atoms with Crippen LogP contribution in [0.25, 0.3) is 12.2 Å². The van der Waals surface area contributed by atoms with Crippen molar-refractivity contribution in [2.45, 2.75) is 9.92 Å². The molecule has 0 fully saturated rings. The van der Waals surface area contributed by atoms with E-state index in [0.29, 0.717) is 0 Å². The first-order chi connectivity index (χ1) is 12.0. The minimum Gasteiger partial charge on any atom is -0.420 e. The zero-order chi connectivity index (χ0) is 17.9. The molecule has 128 valence electrons. The Morgan fingerprint density at radius 3 is 2.12 bits per heavy atom. The molecule has 0 atom stereocenters. The van der Waals surface area contributed by atoms with E-state index < -0.39 is 9.84 Å². The molecule has 6 heteroatoms. The number of nitrogens with zero attached hydrogens (tertiary/aromatic N) is 2. The summed E-state index contributed by atoms with van der Waals surface area (Å²) in [6.07, 6.45) is 3.48. The molecule has 0 saturated heterocycles. The fourth-order valence-corrected chi connectivity index (χ4v) is 3.69. The molecule has 0 aliphatic heterocycles. The van der Waals surface area contributed by atoms with Crippen molar-refractivity contribution >= 4 is 27.9 Å². The summed E-state index contributed by atoms with van der Waals surface area (Å²) in [7, 11) is -0.322. The summed E-state index contributed by atoms with van der Waals surface area (Å²) in [5.74, 6) is 0.443. The Morgan fingerprint density at radius 1 is 0.920 bits per heavy atom. The van der Waals surface area contributed by atoms with Crippen molar-refractivity contribution < 1.29 is 12.8 Å². The number of hydrogen-bond donors (Lipinski definition) is 0. The lowest BCUT2D eigenvalue weighted by Crippen LogP contribution is -2.13. The maximum atomic E-state index is 12.9. The van der Waals surface area contributed by atoms with E-state index in [1.165, 1.54) is 0 Å². The van der Waals surface area contributed by atoms with Crippen LogP contribution in [0.2, 0.25) is 0 Å². The van der Waals surface area contributed by atoms with Crippen molar-refractivity contribution in [3.05, 3.63) is 72.1 Å². The van der Waals surface area contributed by atoms with E-state index in [9.17, 15) is 8.42 Å². The van der Waals surface area contributed by atoms with Gasteiger partial charge in [-0.15, -0.1) is 0 Å². The first-order valence-corrected chi connectivity index (χ1v) is 9.18. The summed E-state index contributed by atoms with van der Waals surface area (Å²) in [6, 6.07) is 17.9. The van der Waals surface area contributed by atoms with Gasteiger partial charge >= 0.3 is 0 Å². The Kier molecular flexibility index (Phi) is 4.72. The van der Waals surface area contributed by atoms with Gasteiger partial charge in [0.25, 0.3) is 0 Å². The van der Waals surface area contributed by atoms with Gasteiger partial charge in [0.15, 0.2) is 0 Å². The van der Waals surface area contributed by atoms with Crippen molar-refractivity contribution in [2.75, 3.05) is 19.0 Å². The van der Waals surface area contributed by atoms with Crippen molar-refractivity contribution in [2.24, 2.45) is 0 Å². The van der Waals surface area contributed by atoms with E-state index in [-0.39, 0.29) is 21.7 Å². The second-order valence-electron chi connectivity index (χ2n) is 5.62. The summed E-state index contributed by atoms with van der Waals surface area (Å²) in [5, 5.41) is -0.0867. The van der Waals surface area contributed by atoms with Crippen LogP contribution in [-0.4, -0.2) is 27.5 Å². The average Bonchev–Trinajstić information content (AvgIpc) is 3.07. The Balaban J connectivity index is 2.03. The van der Waals surface area contributed by atoms with E-state index in [0.717, 1.165) is 5.56 Å². The summed E-state index contributed by atoms with van der Waals surface area (Å²) >= 11 is 0. The van der Waals surface area contributed by atoms with E-state index in [2.05, 4.69) is 4.98 Å². The molecule has 0 saturated carbocycles. The molecule has 3 aromatic rings. The topological polar surface area (TPSA) is 63.4 Å². The Hall–Kier alpha value is -2.86. The molecule has 5 nitrogen and oxygen atoms in total. The number of oxazole rings is 1. The van der Waals surface area contributed by atoms with Crippen LogP contribution < -0.4 is 4.90 Å².